The van der Waals surface area contributed by atoms with E-state index in [1.165, 1.54) is 12.1 Å². The Morgan fingerprint density at radius 3 is 2.51 bits per heavy atom. The lowest BCUT2D eigenvalue weighted by Gasteiger charge is -2.31. The van der Waals surface area contributed by atoms with Crippen molar-refractivity contribution in [2.75, 3.05) is 26.2 Å². The van der Waals surface area contributed by atoms with Gasteiger partial charge in [-0.25, -0.2) is 8.42 Å². The normalized spacial score (nSPS) is 16.2. The van der Waals surface area contributed by atoms with Gasteiger partial charge in [0, 0.05) is 26.2 Å². The Hall–Kier alpha value is -4.49. The number of fused-ring (bicyclic) bond motifs is 1. The Bertz CT molecular complexity index is 1570. The van der Waals surface area contributed by atoms with Crippen LogP contribution in [0.15, 0.2) is 82.8 Å². The number of carboxylic acids is 1. The number of hydrazone groups is 1. The first-order chi connectivity index (χ1) is 20.6. The summed E-state index contributed by atoms with van der Waals surface area (Å²) in [4.78, 5) is 41.5. The largest absolute Gasteiger partial charge is 0.480 e. The van der Waals surface area contributed by atoms with Crippen molar-refractivity contribution in [3.8, 4) is 0 Å². The number of hydrogen-bond acceptors (Lipinski definition) is 7. The molecule has 43 heavy (non-hydrogen) atoms. The molecule has 0 aliphatic carbocycles. The van der Waals surface area contributed by atoms with Crippen LogP contribution in [0.5, 0.6) is 0 Å². The van der Waals surface area contributed by atoms with E-state index in [1.54, 1.807) is 54.9 Å². The van der Waals surface area contributed by atoms with Crippen molar-refractivity contribution in [3.63, 3.8) is 0 Å². The molecule has 0 aromatic heterocycles. The van der Waals surface area contributed by atoms with Crippen LogP contribution in [0.2, 0.25) is 0 Å². The molecule has 5 N–H and O–H groups in total. The number of benzene rings is 3. The molecule has 1 fully saturated rings. The van der Waals surface area contributed by atoms with Gasteiger partial charge in [0.25, 0.3) is 0 Å². The molecule has 1 aliphatic rings. The fourth-order valence-electron chi connectivity index (χ4n) is 5.15. The number of hydrogen-bond donors (Lipinski definition) is 4. The van der Waals surface area contributed by atoms with E-state index in [4.69, 9.17) is 5.84 Å². The minimum absolute atomic E-state index is 0.0810. The minimum Gasteiger partial charge on any atom is -0.480 e. The summed E-state index contributed by atoms with van der Waals surface area (Å²) in [7, 11) is -4.28. The number of carboxylic acid groups (broad SMARTS) is 1. The van der Waals surface area contributed by atoms with E-state index in [-0.39, 0.29) is 17.4 Å². The van der Waals surface area contributed by atoms with Crippen LogP contribution in [0.1, 0.15) is 24.8 Å². The maximum absolute atomic E-state index is 13.8. The average molecular weight is 609 g/mol. The van der Waals surface area contributed by atoms with Crippen molar-refractivity contribution >= 4 is 44.9 Å². The molecule has 1 aliphatic heterocycles. The molecule has 228 valence electrons. The third-order valence-electron chi connectivity index (χ3n) is 7.24. The second-order valence-electron chi connectivity index (χ2n) is 10.5. The predicted molar refractivity (Wildman–Crippen MR) is 162 cm³/mol. The second kappa shape index (κ2) is 14.6. The zero-order valence-electron chi connectivity index (χ0n) is 23.6. The average Bonchev–Trinajstić information content (AvgIpc) is 2.99. The van der Waals surface area contributed by atoms with Crippen molar-refractivity contribution in [1.29, 1.82) is 0 Å². The number of aliphatic carboxylic acids is 1. The molecular formula is C30H36N6O6S. The fraction of sp³-hybridized carbons (Fsp3) is 0.333. The van der Waals surface area contributed by atoms with Crippen LogP contribution in [0.4, 0.5) is 0 Å². The molecule has 12 nitrogen and oxygen atoms in total. The lowest BCUT2D eigenvalue weighted by molar-refractivity contribution is -0.146. The molecule has 0 unspecified atom stereocenters. The van der Waals surface area contributed by atoms with E-state index in [2.05, 4.69) is 15.1 Å². The second-order valence-corrected chi connectivity index (χ2v) is 12.2. The van der Waals surface area contributed by atoms with Gasteiger partial charge in [0.15, 0.2) is 0 Å². The summed E-state index contributed by atoms with van der Waals surface area (Å²) in [6.45, 7) is 1.00. The zero-order chi connectivity index (χ0) is 30.8. The molecule has 13 heteroatoms. The molecular weight excluding hydrogens is 572 g/mol. The topological polar surface area (TPSA) is 174 Å². The standard InChI is InChI=1S/C30H36N6O6S/c31-33-21-35-14-6-9-23(18-35)17-32-28(37)16-27(30(40)36(20-29(38)39)19-22-7-2-1-3-8-22)34-43(41,42)26-13-12-24-10-4-5-11-25(24)15-26/h1-5,7-8,10-13,15,21,23,27,34H,6,9,14,16-20,31H2,(H,32,37)(H,38,39)/t23-,27-/m0/s1. The molecule has 0 bridgehead atoms. The van der Waals surface area contributed by atoms with Crippen molar-refractivity contribution < 1.29 is 27.9 Å². The number of nitrogens with zero attached hydrogens (tertiary/aromatic N) is 3. The van der Waals surface area contributed by atoms with E-state index in [1.807, 2.05) is 17.0 Å². The molecule has 2 atom stereocenters. The predicted octanol–water partition coefficient (Wildman–Crippen LogP) is 1.72. The number of piperidine rings is 1. The number of nitrogens with two attached hydrogens (primary N) is 1. The highest BCUT2D eigenvalue weighted by Gasteiger charge is 2.32. The summed E-state index contributed by atoms with van der Waals surface area (Å²) in [5.41, 5.74) is 0.653. The SMILES string of the molecule is NN=CN1CCC[C@@H](CNC(=O)C[C@H](NS(=O)(=O)c2ccc3ccccc3c2)C(=O)N(CC(=O)O)Cc2ccccc2)C1. The van der Waals surface area contributed by atoms with Gasteiger partial charge in [-0.05, 0) is 47.2 Å². The summed E-state index contributed by atoms with van der Waals surface area (Å²) in [6.07, 6.45) is 2.80. The van der Waals surface area contributed by atoms with Gasteiger partial charge in [-0.2, -0.15) is 9.82 Å². The highest BCUT2D eigenvalue weighted by atomic mass is 32.2. The maximum atomic E-state index is 13.8. The molecule has 4 rings (SSSR count). The lowest BCUT2D eigenvalue weighted by Crippen LogP contribution is -2.51. The smallest absolute Gasteiger partial charge is 0.323 e. The highest BCUT2D eigenvalue weighted by molar-refractivity contribution is 7.89. The van der Waals surface area contributed by atoms with Gasteiger partial charge in [-0.15, -0.1) is 0 Å². The number of carbonyl (C=O) groups is 3. The van der Waals surface area contributed by atoms with Crippen LogP contribution in [0.3, 0.4) is 0 Å². The van der Waals surface area contributed by atoms with Gasteiger partial charge in [0.1, 0.15) is 18.9 Å². The number of rotatable bonds is 13. The van der Waals surface area contributed by atoms with Gasteiger partial charge in [-0.1, -0.05) is 60.7 Å². The Labute approximate surface area is 250 Å². The maximum Gasteiger partial charge on any atom is 0.323 e. The van der Waals surface area contributed by atoms with Crippen LogP contribution in [-0.2, 0) is 31.0 Å². The lowest BCUT2D eigenvalue weighted by atomic mass is 9.98. The van der Waals surface area contributed by atoms with E-state index >= 15 is 0 Å². The first kappa shape index (κ1) is 31.4. The minimum atomic E-state index is -4.28. The molecule has 1 saturated heterocycles. The van der Waals surface area contributed by atoms with Crippen molar-refractivity contribution in [2.24, 2.45) is 16.9 Å². The van der Waals surface area contributed by atoms with E-state index in [9.17, 15) is 27.9 Å². The Kier molecular flexibility index (Phi) is 10.7. The molecule has 1 heterocycles. The van der Waals surface area contributed by atoms with Crippen LogP contribution in [0, 0.1) is 5.92 Å². The van der Waals surface area contributed by atoms with Crippen LogP contribution < -0.4 is 15.9 Å². The van der Waals surface area contributed by atoms with Gasteiger partial charge in [0.05, 0.1) is 11.3 Å². The van der Waals surface area contributed by atoms with Crippen LogP contribution in [0.25, 0.3) is 10.8 Å². The number of carbonyl (C=O) groups excluding carboxylic acids is 2. The van der Waals surface area contributed by atoms with Crippen molar-refractivity contribution in [1.82, 2.24) is 19.8 Å². The van der Waals surface area contributed by atoms with E-state index in [0.717, 1.165) is 29.7 Å². The zero-order valence-corrected chi connectivity index (χ0v) is 24.4. The third kappa shape index (κ3) is 9.00. The molecule has 3 aromatic carbocycles. The highest BCUT2D eigenvalue weighted by Crippen LogP contribution is 2.20. The Morgan fingerprint density at radius 1 is 1.07 bits per heavy atom. The third-order valence-corrected chi connectivity index (χ3v) is 8.71. The van der Waals surface area contributed by atoms with Crippen molar-refractivity contribution in [3.05, 3.63) is 78.4 Å². The number of nitrogens with one attached hydrogen (secondary N) is 2. The number of likely N-dealkylation sites (tertiary alicyclic amines) is 1. The van der Waals surface area contributed by atoms with E-state index in [0.29, 0.717) is 24.0 Å². The summed E-state index contributed by atoms with van der Waals surface area (Å²) >= 11 is 0. The Morgan fingerprint density at radius 2 is 1.79 bits per heavy atom. The summed E-state index contributed by atoms with van der Waals surface area (Å²) in [5.74, 6) is 2.74. The summed E-state index contributed by atoms with van der Waals surface area (Å²) in [6, 6.07) is 19.0. The Balaban J connectivity index is 1.55. The summed E-state index contributed by atoms with van der Waals surface area (Å²) in [5, 5.41) is 17.4. The molecule has 0 spiro atoms. The first-order valence-corrected chi connectivity index (χ1v) is 15.4. The van der Waals surface area contributed by atoms with Crippen LogP contribution >= 0.6 is 0 Å². The number of sulfonamides is 1. The molecule has 0 radical (unpaired) electrons. The first-order valence-electron chi connectivity index (χ1n) is 13.9. The molecule has 3 aromatic rings. The van der Waals surface area contributed by atoms with Gasteiger partial charge in [-0.3, -0.25) is 14.4 Å². The van der Waals surface area contributed by atoms with Crippen molar-refractivity contribution in [2.45, 2.75) is 36.7 Å². The van der Waals surface area contributed by atoms with Gasteiger partial charge >= 0.3 is 5.97 Å². The van der Waals surface area contributed by atoms with E-state index < -0.39 is 46.8 Å². The fourth-order valence-corrected chi connectivity index (χ4v) is 6.37. The molecule has 0 saturated carbocycles. The van der Waals surface area contributed by atoms with Gasteiger partial charge in [0.2, 0.25) is 21.8 Å². The molecule has 2 amide bonds. The quantitative estimate of drug-likeness (QED) is 0.0982. The summed E-state index contributed by atoms with van der Waals surface area (Å²) < 4.78 is 29.4. The van der Waals surface area contributed by atoms with Gasteiger partial charge < -0.3 is 26.1 Å². The van der Waals surface area contributed by atoms with Crippen LogP contribution in [-0.4, -0.2) is 79.7 Å². The number of amides is 2. The monoisotopic (exact) mass is 608 g/mol.